The Balaban J connectivity index is 1.49. The van der Waals surface area contributed by atoms with Gasteiger partial charge in [0, 0.05) is 0 Å². The van der Waals surface area contributed by atoms with Gasteiger partial charge in [-0.3, -0.25) is 4.79 Å². The minimum Gasteiger partial charge on any atom is -0.495 e. The Hall–Kier alpha value is -2.94. The minimum atomic E-state index is -0.671. The first kappa shape index (κ1) is 20.8. The average molecular weight is 466 g/mol. The highest BCUT2D eigenvalue weighted by atomic mass is 79.9. The quantitative estimate of drug-likeness (QED) is 0.628. The van der Waals surface area contributed by atoms with Crippen LogP contribution >= 0.6 is 15.9 Å². The zero-order valence-electron chi connectivity index (χ0n) is 15.9. The Labute approximate surface area is 176 Å². The number of carbonyl (C=O) groups is 2. The molecule has 0 spiro atoms. The molecule has 9 heteroatoms. The Morgan fingerprint density at radius 1 is 1.14 bits per heavy atom. The van der Waals surface area contributed by atoms with Gasteiger partial charge in [-0.25, -0.2) is 4.79 Å². The van der Waals surface area contributed by atoms with E-state index in [2.05, 4.69) is 21.2 Å². The van der Waals surface area contributed by atoms with E-state index in [0.29, 0.717) is 34.1 Å². The number of para-hydroxylation sites is 2. The third-order valence-electron chi connectivity index (χ3n) is 4.11. The maximum atomic E-state index is 12.3. The summed E-state index contributed by atoms with van der Waals surface area (Å²) in [6.07, 6.45) is -0.329. The van der Waals surface area contributed by atoms with Crippen LogP contribution in [-0.2, 0) is 9.53 Å². The summed E-state index contributed by atoms with van der Waals surface area (Å²) >= 11 is 3.33. The normalized spacial score (nSPS) is 14.7. The SMILES string of the molecule is COc1cc(C(=O)OCC(=O)NCC2COc3ccccc3O2)cc(OC)c1Br. The van der Waals surface area contributed by atoms with Gasteiger partial charge in [0.1, 0.15) is 28.7 Å². The number of amides is 1. The number of rotatable bonds is 7. The molecule has 1 amide bonds. The first-order chi connectivity index (χ1) is 14.0. The standard InChI is InChI=1S/C20H20BrNO7/c1-25-16-7-12(8-17(26-2)19(16)21)20(24)28-11-18(23)22-9-13-10-27-14-5-3-4-6-15(14)29-13/h3-8,13H,9-11H2,1-2H3,(H,22,23). The Morgan fingerprint density at radius 3 is 2.45 bits per heavy atom. The summed E-state index contributed by atoms with van der Waals surface area (Å²) < 4.78 is 27.4. The molecule has 1 aliphatic heterocycles. The van der Waals surface area contributed by atoms with E-state index in [1.165, 1.54) is 26.4 Å². The highest BCUT2D eigenvalue weighted by Crippen LogP contribution is 2.35. The number of benzene rings is 2. The lowest BCUT2D eigenvalue weighted by atomic mass is 10.2. The predicted molar refractivity (Wildman–Crippen MR) is 107 cm³/mol. The van der Waals surface area contributed by atoms with E-state index in [1.807, 2.05) is 18.2 Å². The van der Waals surface area contributed by atoms with Crippen LogP contribution in [0.5, 0.6) is 23.0 Å². The van der Waals surface area contributed by atoms with Crippen LogP contribution < -0.4 is 24.3 Å². The predicted octanol–water partition coefficient (Wildman–Crippen LogP) is 2.58. The van der Waals surface area contributed by atoms with Gasteiger partial charge in [0.05, 0.1) is 26.3 Å². The van der Waals surface area contributed by atoms with Crippen LogP contribution in [0.4, 0.5) is 0 Å². The van der Waals surface area contributed by atoms with Gasteiger partial charge < -0.3 is 29.0 Å². The number of ether oxygens (including phenoxy) is 5. The first-order valence-corrected chi connectivity index (χ1v) is 9.55. The Bertz CT molecular complexity index is 877. The fourth-order valence-corrected chi connectivity index (χ4v) is 3.20. The molecule has 0 fully saturated rings. The second kappa shape index (κ2) is 9.51. The fraction of sp³-hybridized carbons (Fsp3) is 0.300. The molecule has 0 saturated heterocycles. The summed E-state index contributed by atoms with van der Waals surface area (Å²) in [5.41, 5.74) is 0.204. The molecule has 0 aromatic heterocycles. The van der Waals surface area contributed by atoms with Gasteiger partial charge in [0.15, 0.2) is 18.1 Å². The molecule has 2 aromatic rings. The van der Waals surface area contributed by atoms with Crippen molar-refractivity contribution in [3.63, 3.8) is 0 Å². The van der Waals surface area contributed by atoms with Gasteiger partial charge in [0.2, 0.25) is 0 Å². The molecule has 1 atom stereocenters. The van der Waals surface area contributed by atoms with Crippen LogP contribution in [0.3, 0.4) is 0 Å². The molecule has 8 nitrogen and oxygen atoms in total. The average Bonchev–Trinajstić information content (AvgIpc) is 2.76. The lowest BCUT2D eigenvalue weighted by molar-refractivity contribution is -0.124. The van der Waals surface area contributed by atoms with E-state index >= 15 is 0 Å². The van der Waals surface area contributed by atoms with Gasteiger partial charge in [-0.2, -0.15) is 0 Å². The highest BCUT2D eigenvalue weighted by Gasteiger charge is 2.22. The summed E-state index contributed by atoms with van der Waals surface area (Å²) in [6, 6.07) is 10.3. The monoisotopic (exact) mass is 465 g/mol. The van der Waals surface area contributed by atoms with Crippen LogP contribution in [0, 0.1) is 0 Å². The van der Waals surface area contributed by atoms with Crippen molar-refractivity contribution in [3.05, 3.63) is 46.4 Å². The van der Waals surface area contributed by atoms with E-state index in [1.54, 1.807) is 6.07 Å². The molecule has 0 bridgehead atoms. The molecule has 1 unspecified atom stereocenters. The van der Waals surface area contributed by atoms with Gasteiger partial charge >= 0.3 is 5.97 Å². The fourth-order valence-electron chi connectivity index (χ4n) is 2.64. The van der Waals surface area contributed by atoms with E-state index in [-0.39, 0.29) is 18.2 Å². The van der Waals surface area contributed by atoms with Crippen molar-refractivity contribution in [2.45, 2.75) is 6.10 Å². The zero-order valence-corrected chi connectivity index (χ0v) is 17.5. The summed E-state index contributed by atoms with van der Waals surface area (Å²) in [6.45, 7) is 0.115. The number of halogens is 1. The molecule has 0 radical (unpaired) electrons. The van der Waals surface area contributed by atoms with Crippen molar-refractivity contribution in [1.82, 2.24) is 5.32 Å². The van der Waals surface area contributed by atoms with Crippen molar-refractivity contribution >= 4 is 27.8 Å². The highest BCUT2D eigenvalue weighted by molar-refractivity contribution is 9.10. The Kier molecular flexibility index (Phi) is 6.82. The third-order valence-corrected chi connectivity index (χ3v) is 4.89. The number of carbonyl (C=O) groups excluding carboxylic acids is 2. The molecule has 0 saturated carbocycles. The van der Waals surface area contributed by atoms with Crippen LogP contribution in [0.2, 0.25) is 0 Å². The molecular weight excluding hydrogens is 446 g/mol. The van der Waals surface area contributed by atoms with Crippen molar-refractivity contribution in [2.75, 3.05) is 34.0 Å². The largest absolute Gasteiger partial charge is 0.495 e. The molecular formula is C20H20BrNO7. The van der Waals surface area contributed by atoms with Crippen LogP contribution in [0.25, 0.3) is 0 Å². The van der Waals surface area contributed by atoms with Crippen molar-refractivity contribution < 1.29 is 33.3 Å². The maximum absolute atomic E-state index is 12.3. The van der Waals surface area contributed by atoms with Crippen LogP contribution in [-0.4, -0.2) is 52.0 Å². The smallest absolute Gasteiger partial charge is 0.338 e. The number of hydrogen-bond donors (Lipinski definition) is 1. The minimum absolute atomic E-state index is 0.204. The van der Waals surface area contributed by atoms with Crippen LogP contribution in [0.15, 0.2) is 40.9 Å². The molecule has 3 rings (SSSR count). The lowest BCUT2D eigenvalue weighted by Crippen LogP contribution is -2.42. The summed E-state index contributed by atoms with van der Waals surface area (Å²) in [7, 11) is 2.94. The van der Waals surface area contributed by atoms with E-state index in [9.17, 15) is 9.59 Å². The third kappa shape index (κ3) is 5.11. The lowest BCUT2D eigenvalue weighted by Gasteiger charge is -2.26. The topological polar surface area (TPSA) is 92.3 Å². The first-order valence-electron chi connectivity index (χ1n) is 8.75. The van der Waals surface area contributed by atoms with Gasteiger partial charge in [-0.15, -0.1) is 0 Å². The van der Waals surface area contributed by atoms with Crippen molar-refractivity contribution in [1.29, 1.82) is 0 Å². The van der Waals surface area contributed by atoms with Gasteiger partial charge in [-0.1, -0.05) is 12.1 Å². The number of esters is 1. The maximum Gasteiger partial charge on any atom is 0.338 e. The van der Waals surface area contributed by atoms with E-state index in [4.69, 9.17) is 23.7 Å². The number of hydrogen-bond acceptors (Lipinski definition) is 7. The van der Waals surface area contributed by atoms with E-state index in [0.717, 1.165) is 0 Å². The molecule has 29 heavy (non-hydrogen) atoms. The second-order valence-corrected chi connectivity index (χ2v) is 6.87. The molecule has 2 aromatic carbocycles. The Morgan fingerprint density at radius 2 is 1.79 bits per heavy atom. The number of nitrogens with one attached hydrogen (secondary N) is 1. The summed E-state index contributed by atoms with van der Waals surface area (Å²) in [4.78, 5) is 24.3. The molecule has 1 aliphatic rings. The number of fused-ring (bicyclic) bond motifs is 1. The van der Waals surface area contributed by atoms with Crippen molar-refractivity contribution in [3.8, 4) is 23.0 Å². The van der Waals surface area contributed by atoms with Gasteiger partial charge in [0.25, 0.3) is 5.91 Å². The molecule has 1 heterocycles. The van der Waals surface area contributed by atoms with E-state index < -0.39 is 18.5 Å². The molecule has 1 N–H and O–H groups in total. The number of methoxy groups -OCH3 is 2. The van der Waals surface area contributed by atoms with Crippen molar-refractivity contribution in [2.24, 2.45) is 0 Å². The summed E-state index contributed by atoms with van der Waals surface area (Å²) in [5.74, 6) is 1.00. The van der Waals surface area contributed by atoms with Crippen LogP contribution in [0.1, 0.15) is 10.4 Å². The summed E-state index contributed by atoms with van der Waals surface area (Å²) in [5, 5.41) is 2.67. The zero-order chi connectivity index (χ0) is 20.8. The van der Waals surface area contributed by atoms with Gasteiger partial charge in [-0.05, 0) is 40.2 Å². The second-order valence-electron chi connectivity index (χ2n) is 6.07. The molecule has 154 valence electrons. The molecule has 0 aliphatic carbocycles.